The molecule has 0 heterocycles. The minimum Gasteiger partial charge on any atom is -0.386 e. The molecule has 0 saturated heterocycles. The second-order valence-corrected chi connectivity index (χ2v) is 4.99. The van der Waals surface area contributed by atoms with Gasteiger partial charge in [0.05, 0.1) is 5.56 Å². The minimum atomic E-state index is -1.43. The summed E-state index contributed by atoms with van der Waals surface area (Å²) in [5, 5.41) is 15.0. The molecule has 1 aliphatic carbocycles. The Balaban J connectivity index is 1.84. The SMILES string of the molecule is O=C(NCC(O)c1c(F)cccc1F)NC1CC=CCC1. The van der Waals surface area contributed by atoms with E-state index in [2.05, 4.69) is 16.7 Å². The van der Waals surface area contributed by atoms with Crippen LogP contribution in [0, 0.1) is 11.6 Å². The highest BCUT2D eigenvalue weighted by Crippen LogP contribution is 2.19. The van der Waals surface area contributed by atoms with Gasteiger partial charge in [-0.2, -0.15) is 0 Å². The molecule has 2 amide bonds. The van der Waals surface area contributed by atoms with Crippen LogP contribution in [0.3, 0.4) is 0 Å². The summed E-state index contributed by atoms with van der Waals surface area (Å²) in [5.41, 5.74) is -0.432. The van der Waals surface area contributed by atoms with Crippen molar-refractivity contribution in [2.75, 3.05) is 6.54 Å². The van der Waals surface area contributed by atoms with Gasteiger partial charge in [-0.15, -0.1) is 0 Å². The fourth-order valence-electron chi connectivity index (χ4n) is 2.28. The molecule has 4 nitrogen and oxygen atoms in total. The number of carbonyl (C=O) groups excluding carboxylic acids is 1. The first-order valence-corrected chi connectivity index (χ1v) is 6.89. The maximum absolute atomic E-state index is 13.5. The van der Waals surface area contributed by atoms with Crippen molar-refractivity contribution in [1.29, 1.82) is 0 Å². The third-order valence-corrected chi connectivity index (χ3v) is 3.39. The summed E-state index contributed by atoms with van der Waals surface area (Å²) in [5.74, 6) is -1.66. The highest BCUT2D eigenvalue weighted by atomic mass is 19.1. The maximum atomic E-state index is 13.5. The Bertz CT molecular complexity index is 514. The summed E-state index contributed by atoms with van der Waals surface area (Å²) in [6, 6.07) is 2.95. The largest absolute Gasteiger partial charge is 0.386 e. The summed E-state index contributed by atoms with van der Waals surface area (Å²) in [6.07, 6.45) is 5.15. The molecular formula is C15H18F2N2O2. The molecule has 2 rings (SSSR count). The second kappa shape index (κ2) is 7.17. The summed E-state index contributed by atoms with van der Waals surface area (Å²) < 4.78 is 26.9. The average Bonchev–Trinajstić information content (AvgIpc) is 2.46. The molecule has 0 bridgehead atoms. The predicted octanol–water partition coefficient (Wildman–Crippen LogP) is 2.41. The van der Waals surface area contributed by atoms with Gasteiger partial charge in [-0.1, -0.05) is 18.2 Å². The highest BCUT2D eigenvalue weighted by molar-refractivity contribution is 5.74. The number of hydrogen-bond donors (Lipinski definition) is 3. The van der Waals surface area contributed by atoms with Gasteiger partial charge in [0.1, 0.15) is 17.7 Å². The Kier molecular flexibility index (Phi) is 5.27. The van der Waals surface area contributed by atoms with Crippen LogP contribution in [0.2, 0.25) is 0 Å². The molecular weight excluding hydrogens is 278 g/mol. The van der Waals surface area contributed by atoms with E-state index in [9.17, 15) is 18.7 Å². The number of carbonyl (C=O) groups is 1. The highest BCUT2D eigenvalue weighted by Gasteiger charge is 2.19. The number of hydrogen-bond acceptors (Lipinski definition) is 2. The standard InChI is InChI=1S/C15H18F2N2O2/c16-11-7-4-8-12(17)14(11)13(20)9-18-15(21)19-10-5-2-1-3-6-10/h1-2,4,7-8,10,13,20H,3,5-6,9H2,(H2,18,19,21). The van der Waals surface area contributed by atoms with Gasteiger partial charge in [0.25, 0.3) is 0 Å². The second-order valence-electron chi connectivity index (χ2n) is 4.99. The van der Waals surface area contributed by atoms with Gasteiger partial charge in [-0.05, 0) is 31.4 Å². The van der Waals surface area contributed by atoms with Crippen molar-refractivity contribution >= 4 is 6.03 Å². The molecule has 0 radical (unpaired) electrons. The molecule has 0 fully saturated rings. The third kappa shape index (κ3) is 4.26. The summed E-state index contributed by atoms with van der Waals surface area (Å²) >= 11 is 0. The number of aliphatic hydroxyl groups is 1. The van der Waals surface area contributed by atoms with Crippen LogP contribution >= 0.6 is 0 Å². The summed E-state index contributed by atoms with van der Waals surface area (Å²) in [7, 11) is 0. The molecule has 0 spiro atoms. The van der Waals surface area contributed by atoms with Gasteiger partial charge in [-0.3, -0.25) is 0 Å². The number of nitrogens with one attached hydrogen (secondary N) is 2. The molecule has 0 aromatic heterocycles. The van der Waals surface area contributed by atoms with Crippen LogP contribution in [0.1, 0.15) is 30.9 Å². The zero-order valence-electron chi connectivity index (χ0n) is 11.5. The van der Waals surface area contributed by atoms with Crippen molar-refractivity contribution in [2.24, 2.45) is 0 Å². The first-order chi connectivity index (χ1) is 10.1. The Morgan fingerprint density at radius 1 is 1.33 bits per heavy atom. The maximum Gasteiger partial charge on any atom is 0.315 e. The Morgan fingerprint density at radius 3 is 2.67 bits per heavy atom. The van der Waals surface area contributed by atoms with E-state index in [0.29, 0.717) is 0 Å². The molecule has 114 valence electrons. The van der Waals surface area contributed by atoms with Crippen LogP contribution in [-0.2, 0) is 0 Å². The summed E-state index contributed by atoms with van der Waals surface area (Å²) in [6.45, 7) is -0.258. The first-order valence-electron chi connectivity index (χ1n) is 6.89. The van der Waals surface area contributed by atoms with Crippen LogP contribution in [0.5, 0.6) is 0 Å². The first kappa shape index (κ1) is 15.4. The van der Waals surface area contributed by atoms with Gasteiger partial charge in [0.15, 0.2) is 0 Å². The van der Waals surface area contributed by atoms with E-state index in [4.69, 9.17) is 0 Å². The van der Waals surface area contributed by atoms with E-state index in [-0.39, 0.29) is 12.6 Å². The number of aliphatic hydroxyl groups excluding tert-OH is 1. The fourth-order valence-corrected chi connectivity index (χ4v) is 2.28. The van der Waals surface area contributed by atoms with Gasteiger partial charge in [0.2, 0.25) is 0 Å². The smallest absolute Gasteiger partial charge is 0.315 e. The normalized spacial score (nSPS) is 19.1. The average molecular weight is 296 g/mol. The Hall–Kier alpha value is -1.95. The van der Waals surface area contributed by atoms with Crippen LogP contribution in [-0.4, -0.2) is 23.7 Å². The zero-order chi connectivity index (χ0) is 15.2. The molecule has 0 saturated carbocycles. The van der Waals surface area contributed by atoms with E-state index in [0.717, 1.165) is 31.4 Å². The van der Waals surface area contributed by atoms with Crippen molar-refractivity contribution in [3.63, 3.8) is 0 Å². The number of urea groups is 1. The number of benzene rings is 1. The lowest BCUT2D eigenvalue weighted by molar-refractivity contribution is 0.163. The van der Waals surface area contributed by atoms with Gasteiger partial charge >= 0.3 is 6.03 Å². The number of halogens is 2. The lowest BCUT2D eigenvalue weighted by atomic mass is 10.0. The molecule has 2 atom stereocenters. The summed E-state index contributed by atoms with van der Waals surface area (Å²) in [4.78, 5) is 11.7. The Morgan fingerprint density at radius 2 is 2.05 bits per heavy atom. The quantitative estimate of drug-likeness (QED) is 0.747. The van der Waals surface area contributed by atoms with Crippen molar-refractivity contribution in [1.82, 2.24) is 10.6 Å². The topological polar surface area (TPSA) is 61.4 Å². The van der Waals surface area contributed by atoms with E-state index in [1.807, 2.05) is 6.08 Å². The molecule has 2 unspecified atom stereocenters. The van der Waals surface area contributed by atoms with Gasteiger partial charge < -0.3 is 15.7 Å². The minimum absolute atomic E-state index is 0.0531. The van der Waals surface area contributed by atoms with E-state index in [1.54, 1.807) is 0 Å². The predicted molar refractivity (Wildman–Crippen MR) is 74.6 cm³/mol. The van der Waals surface area contributed by atoms with Gasteiger partial charge in [0, 0.05) is 12.6 Å². The van der Waals surface area contributed by atoms with Crippen LogP contribution in [0.25, 0.3) is 0 Å². The van der Waals surface area contributed by atoms with Crippen LogP contribution in [0.4, 0.5) is 13.6 Å². The molecule has 6 heteroatoms. The van der Waals surface area contributed by atoms with Crippen molar-refractivity contribution in [3.05, 3.63) is 47.5 Å². The molecule has 21 heavy (non-hydrogen) atoms. The van der Waals surface area contributed by atoms with E-state index < -0.39 is 29.3 Å². The Labute approximate surface area is 121 Å². The fraction of sp³-hybridized carbons (Fsp3) is 0.400. The number of rotatable bonds is 4. The van der Waals surface area contributed by atoms with Crippen LogP contribution < -0.4 is 10.6 Å². The van der Waals surface area contributed by atoms with E-state index >= 15 is 0 Å². The number of allylic oxidation sites excluding steroid dienone is 1. The van der Waals surface area contributed by atoms with Gasteiger partial charge in [-0.25, -0.2) is 13.6 Å². The molecule has 1 aromatic carbocycles. The lowest BCUT2D eigenvalue weighted by Crippen LogP contribution is -2.43. The van der Waals surface area contributed by atoms with Crippen LogP contribution in [0.15, 0.2) is 30.4 Å². The molecule has 1 aromatic rings. The molecule has 1 aliphatic rings. The van der Waals surface area contributed by atoms with Crippen molar-refractivity contribution in [3.8, 4) is 0 Å². The molecule has 3 N–H and O–H groups in total. The molecule has 0 aliphatic heterocycles. The van der Waals surface area contributed by atoms with Crippen molar-refractivity contribution < 1.29 is 18.7 Å². The lowest BCUT2D eigenvalue weighted by Gasteiger charge is -2.20. The monoisotopic (exact) mass is 296 g/mol. The van der Waals surface area contributed by atoms with E-state index in [1.165, 1.54) is 6.07 Å². The third-order valence-electron chi connectivity index (χ3n) is 3.39. The van der Waals surface area contributed by atoms with Crippen molar-refractivity contribution in [2.45, 2.75) is 31.4 Å². The number of amides is 2. The zero-order valence-corrected chi connectivity index (χ0v) is 11.5.